The molecule has 1 aromatic rings. The molecule has 2 rings (SSSR count). The Labute approximate surface area is 112 Å². The van der Waals surface area contributed by atoms with Crippen molar-refractivity contribution >= 4 is 11.9 Å². The molecule has 0 saturated carbocycles. The first-order valence-corrected chi connectivity index (χ1v) is 6.70. The highest BCUT2D eigenvalue weighted by molar-refractivity contribution is 5.96. The Bertz CT molecular complexity index is 496. The lowest BCUT2D eigenvalue weighted by atomic mass is 9.92. The highest BCUT2D eigenvalue weighted by Gasteiger charge is 2.17. The number of carboxylic acids is 1. The smallest absolute Gasteiger partial charge is 0.303 e. The Morgan fingerprint density at radius 1 is 1.47 bits per heavy atom. The lowest BCUT2D eigenvalue weighted by Gasteiger charge is -2.13. The number of aryl methyl sites for hydroxylation is 1. The molecule has 0 aromatic heterocycles. The van der Waals surface area contributed by atoms with Crippen molar-refractivity contribution in [1.82, 2.24) is 5.32 Å². The number of nitrogens with one attached hydrogen (secondary N) is 1. The molecule has 0 aliphatic carbocycles. The van der Waals surface area contributed by atoms with Crippen LogP contribution in [0.3, 0.4) is 0 Å². The van der Waals surface area contributed by atoms with Crippen molar-refractivity contribution < 1.29 is 14.7 Å². The third-order valence-corrected chi connectivity index (χ3v) is 3.65. The van der Waals surface area contributed by atoms with E-state index in [1.54, 1.807) is 0 Å². The van der Waals surface area contributed by atoms with E-state index in [1.807, 2.05) is 25.1 Å². The molecule has 1 aliphatic rings. The first kappa shape index (κ1) is 13.6. The van der Waals surface area contributed by atoms with Crippen LogP contribution in [0.15, 0.2) is 18.2 Å². The van der Waals surface area contributed by atoms with Crippen LogP contribution in [0.2, 0.25) is 0 Å². The fourth-order valence-electron chi connectivity index (χ4n) is 2.41. The summed E-state index contributed by atoms with van der Waals surface area (Å²) >= 11 is 0. The van der Waals surface area contributed by atoms with Crippen molar-refractivity contribution in [2.75, 3.05) is 6.54 Å². The molecule has 1 heterocycles. The number of benzene rings is 1. The quantitative estimate of drug-likeness (QED) is 0.874. The van der Waals surface area contributed by atoms with Crippen LogP contribution in [-0.2, 0) is 11.2 Å². The zero-order valence-electron chi connectivity index (χ0n) is 11.1. The number of hydrogen-bond acceptors (Lipinski definition) is 2. The molecular weight excluding hydrogens is 242 g/mol. The van der Waals surface area contributed by atoms with E-state index in [0.29, 0.717) is 6.42 Å². The van der Waals surface area contributed by atoms with E-state index in [2.05, 4.69) is 5.32 Å². The molecule has 1 aromatic carbocycles. The number of carbonyl (C=O) groups is 2. The molecule has 1 atom stereocenters. The van der Waals surface area contributed by atoms with Gasteiger partial charge in [0.2, 0.25) is 0 Å². The van der Waals surface area contributed by atoms with Gasteiger partial charge in [-0.1, -0.05) is 19.1 Å². The maximum Gasteiger partial charge on any atom is 0.303 e. The molecule has 0 fully saturated rings. The molecule has 4 heteroatoms. The van der Waals surface area contributed by atoms with Gasteiger partial charge >= 0.3 is 5.97 Å². The fourth-order valence-corrected chi connectivity index (χ4v) is 2.41. The van der Waals surface area contributed by atoms with Crippen LogP contribution in [0, 0.1) is 0 Å². The second kappa shape index (κ2) is 5.87. The van der Waals surface area contributed by atoms with E-state index < -0.39 is 5.97 Å². The number of carbonyl (C=O) groups excluding carboxylic acids is 1. The van der Waals surface area contributed by atoms with E-state index in [4.69, 9.17) is 5.11 Å². The van der Waals surface area contributed by atoms with Crippen LogP contribution in [0.4, 0.5) is 0 Å². The first-order chi connectivity index (χ1) is 9.08. The van der Waals surface area contributed by atoms with Crippen molar-refractivity contribution in [2.24, 2.45) is 0 Å². The summed E-state index contributed by atoms with van der Waals surface area (Å²) in [7, 11) is 0. The molecule has 0 spiro atoms. The van der Waals surface area contributed by atoms with Crippen molar-refractivity contribution in [1.29, 1.82) is 0 Å². The highest BCUT2D eigenvalue weighted by atomic mass is 16.4. The minimum Gasteiger partial charge on any atom is -0.481 e. The lowest BCUT2D eigenvalue weighted by molar-refractivity contribution is -0.137. The van der Waals surface area contributed by atoms with E-state index in [1.165, 1.54) is 0 Å². The van der Waals surface area contributed by atoms with E-state index >= 15 is 0 Å². The number of fused-ring (bicyclic) bond motifs is 1. The van der Waals surface area contributed by atoms with Gasteiger partial charge in [0.1, 0.15) is 0 Å². The van der Waals surface area contributed by atoms with Crippen LogP contribution in [-0.4, -0.2) is 23.5 Å². The number of amides is 1. The molecule has 0 radical (unpaired) electrons. The molecule has 0 bridgehead atoms. The van der Waals surface area contributed by atoms with Crippen LogP contribution < -0.4 is 5.32 Å². The Morgan fingerprint density at radius 2 is 2.26 bits per heavy atom. The highest BCUT2D eigenvalue weighted by Crippen LogP contribution is 2.24. The monoisotopic (exact) mass is 261 g/mol. The average molecular weight is 261 g/mol. The zero-order chi connectivity index (χ0) is 13.8. The van der Waals surface area contributed by atoms with Gasteiger partial charge in [0, 0.05) is 18.5 Å². The number of hydrogen-bond donors (Lipinski definition) is 2. The van der Waals surface area contributed by atoms with Crippen molar-refractivity contribution in [3.05, 3.63) is 34.9 Å². The predicted molar refractivity (Wildman–Crippen MR) is 72.4 cm³/mol. The van der Waals surface area contributed by atoms with Gasteiger partial charge < -0.3 is 10.4 Å². The molecule has 1 aliphatic heterocycles. The van der Waals surface area contributed by atoms with Crippen molar-refractivity contribution in [3.63, 3.8) is 0 Å². The maximum absolute atomic E-state index is 11.9. The Kier molecular flexibility index (Phi) is 4.20. The molecule has 102 valence electrons. The molecule has 1 amide bonds. The van der Waals surface area contributed by atoms with Crippen LogP contribution in [0.1, 0.15) is 53.6 Å². The zero-order valence-corrected chi connectivity index (χ0v) is 11.1. The summed E-state index contributed by atoms with van der Waals surface area (Å²) in [4.78, 5) is 22.5. The minimum absolute atomic E-state index is 0.0141. The van der Waals surface area contributed by atoms with E-state index in [0.717, 1.165) is 36.1 Å². The summed E-state index contributed by atoms with van der Waals surface area (Å²) in [5.74, 6) is -0.642. The molecule has 1 unspecified atom stereocenters. The summed E-state index contributed by atoms with van der Waals surface area (Å²) in [6.45, 7) is 2.72. The molecule has 2 N–H and O–H groups in total. The van der Waals surface area contributed by atoms with Crippen LogP contribution in [0.25, 0.3) is 0 Å². The summed E-state index contributed by atoms with van der Waals surface area (Å²) in [6, 6.07) is 5.94. The fraction of sp³-hybridized carbons (Fsp3) is 0.467. The molecular formula is C15H19NO3. The van der Waals surface area contributed by atoms with Gasteiger partial charge in [-0.15, -0.1) is 0 Å². The maximum atomic E-state index is 11.9. The van der Waals surface area contributed by atoms with Crippen molar-refractivity contribution in [2.45, 2.75) is 38.5 Å². The number of rotatable bonds is 4. The average Bonchev–Trinajstić information content (AvgIpc) is 2.58. The van der Waals surface area contributed by atoms with Gasteiger partial charge in [-0.3, -0.25) is 9.59 Å². The number of carboxylic acid groups (broad SMARTS) is 1. The third kappa shape index (κ3) is 3.34. The summed E-state index contributed by atoms with van der Waals surface area (Å²) < 4.78 is 0. The Morgan fingerprint density at radius 3 is 3.00 bits per heavy atom. The van der Waals surface area contributed by atoms with Gasteiger partial charge in [-0.2, -0.15) is 0 Å². The largest absolute Gasteiger partial charge is 0.481 e. The summed E-state index contributed by atoms with van der Waals surface area (Å²) in [5.41, 5.74) is 2.87. The van der Waals surface area contributed by atoms with Crippen molar-refractivity contribution in [3.8, 4) is 0 Å². The first-order valence-electron chi connectivity index (χ1n) is 6.70. The van der Waals surface area contributed by atoms with Gasteiger partial charge in [0.05, 0.1) is 0 Å². The second-order valence-electron chi connectivity index (χ2n) is 5.11. The van der Waals surface area contributed by atoms with E-state index in [-0.39, 0.29) is 18.2 Å². The predicted octanol–water partition coefficient (Wildman–Crippen LogP) is 2.33. The topological polar surface area (TPSA) is 66.4 Å². The van der Waals surface area contributed by atoms with Crippen LogP contribution in [0.5, 0.6) is 0 Å². The van der Waals surface area contributed by atoms with Gasteiger partial charge in [-0.25, -0.2) is 0 Å². The third-order valence-electron chi connectivity index (χ3n) is 3.65. The minimum atomic E-state index is -0.778. The van der Waals surface area contributed by atoms with Gasteiger partial charge in [0.15, 0.2) is 0 Å². The number of aliphatic carboxylic acids is 1. The van der Waals surface area contributed by atoms with Crippen LogP contribution >= 0.6 is 0 Å². The summed E-state index contributed by atoms with van der Waals surface area (Å²) in [6.07, 6.45) is 2.63. The SMILES string of the molecule is CC(CCC(=O)O)c1ccc2c(c1)C(=O)NCCC2. The lowest BCUT2D eigenvalue weighted by Crippen LogP contribution is -2.22. The summed E-state index contributed by atoms with van der Waals surface area (Å²) in [5, 5.41) is 11.6. The normalized spacial score (nSPS) is 16.2. The van der Waals surface area contributed by atoms with Gasteiger partial charge in [0.25, 0.3) is 5.91 Å². The van der Waals surface area contributed by atoms with Gasteiger partial charge in [-0.05, 0) is 42.4 Å². The second-order valence-corrected chi connectivity index (χ2v) is 5.11. The Hall–Kier alpha value is -1.84. The van der Waals surface area contributed by atoms with E-state index in [9.17, 15) is 9.59 Å². The Balaban J connectivity index is 2.19. The standard InChI is InChI=1S/C15H19NO3/c1-10(4-7-14(17)18)12-6-5-11-3-2-8-16-15(19)13(11)9-12/h5-6,9-10H,2-4,7-8H2,1H3,(H,16,19)(H,17,18). The molecule has 19 heavy (non-hydrogen) atoms. The molecule has 4 nitrogen and oxygen atoms in total. The molecule has 0 saturated heterocycles.